The number of amides is 1. The average molecular weight is 312 g/mol. The summed E-state index contributed by atoms with van der Waals surface area (Å²) in [4.78, 5) is 12.1. The van der Waals surface area contributed by atoms with Crippen LogP contribution in [0.5, 0.6) is 0 Å². The number of nitrogens with one attached hydrogen (secondary N) is 1. The minimum atomic E-state index is -0.514. The van der Waals surface area contributed by atoms with E-state index in [1.54, 1.807) is 0 Å². The van der Waals surface area contributed by atoms with E-state index >= 15 is 0 Å². The zero-order valence-electron chi connectivity index (χ0n) is 10.8. The van der Waals surface area contributed by atoms with Gasteiger partial charge in [-0.2, -0.15) is 0 Å². The van der Waals surface area contributed by atoms with E-state index in [0.717, 1.165) is 19.3 Å². The van der Waals surface area contributed by atoms with Crippen LogP contribution in [0.4, 0.5) is 0 Å². The van der Waals surface area contributed by atoms with Gasteiger partial charge in [-0.1, -0.05) is 0 Å². The Balaban J connectivity index is 1.88. The van der Waals surface area contributed by atoms with E-state index in [0.29, 0.717) is 0 Å². The molecule has 2 N–H and O–H groups in total. The van der Waals surface area contributed by atoms with Crippen molar-refractivity contribution >= 4 is 20.9 Å². The quantitative estimate of drug-likeness (QED) is 0.460. The van der Waals surface area contributed by atoms with Gasteiger partial charge in [0.05, 0.1) is 0 Å². The molecule has 0 spiro atoms. The summed E-state index contributed by atoms with van der Waals surface area (Å²) in [7, 11) is 0. The second-order valence-corrected chi connectivity index (χ2v) is 8.64. The Morgan fingerprint density at radius 1 is 1.56 bits per heavy atom. The summed E-state index contributed by atoms with van der Waals surface area (Å²) in [6.07, 6.45) is 6.99. The van der Waals surface area contributed by atoms with Crippen LogP contribution in [0.2, 0.25) is 4.31 Å². The van der Waals surface area contributed by atoms with Crippen molar-refractivity contribution in [3.05, 3.63) is 22.2 Å². The topological polar surface area (TPSA) is 49.3 Å². The molecule has 1 aliphatic carbocycles. The predicted octanol–water partition coefficient (Wildman–Crippen LogP) is 1.37. The summed E-state index contributed by atoms with van der Waals surface area (Å²) < 4.78 is 0.817. The molecule has 0 aromatic rings. The van der Waals surface area contributed by atoms with Crippen molar-refractivity contribution in [2.45, 2.75) is 49.6 Å². The van der Waals surface area contributed by atoms with E-state index in [2.05, 4.69) is 31.3 Å². The molecule has 0 radical (unpaired) electrons. The van der Waals surface area contributed by atoms with Gasteiger partial charge in [-0.3, -0.25) is 0 Å². The first-order valence-electron chi connectivity index (χ1n) is 6.59. The van der Waals surface area contributed by atoms with Crippen LogP contribution >= 0.6 is 0 Å². The van der Waals surface area contributed by atoms with Crippen molar-refractivity contribution in [3.63, 3.8) is 0 Å². The summed E-state index contributed by atoms with van der Waals surface area (Å²) in [5, 5.41) is 13.7. The standard InChI is InChI=1S/C14H19NO2Se/c1-8-9(2)18-14(11(8)15-13(14)17)12(16)10-6-4-3-5-7-10/h4,6,10-12,16H,3,5,7H2,1-2H3,(H,15,17)/t10?,11-,12-,14-/m0/s1. The number of rotatable bonds is 2. The first-order valence-corrected chi connectivity index (χ1v) is 8.30. The summed E-state index contributed by atoms with van der Waals surface area (Å²) in [6.45, 7) is 4.19. The van der Waals surface area contributed by atoms with Gasteiger partial charge in [0.2, 0.25) is 0 Å². The fourth-order valence-electron chi connectivity index (χ4n) is 3.26. The number of hydrogen-bond donors (Lipinski definition) is 2. The van der Waals surface area contributed by atoms with Crippen LogP contribution in [-0.4, -0.2) is 38.1 Å². The van der Waals surface area contributed by atoms with Gasteiger partial charge in [-0.15, -0.1) is 0 Å². The third kappa shape index (κ3) is 1.49. The predicted molar refractivity (Wildman–Crippen MR) is 71.2 cm³/mol. The van der Waals surface area contributed by atoms with Crippen molar-refractivity contribution in [3.8, 4) is 0 Å². The Bertz CT molecular complexity index is 457. The molecule has 3 nitrogen and oxygen atoms in total. The SMILES string of the molecule is CC1=C(C)[C@@H]2NC(=O)[C@]2([C@@H](O)C2C=CCCC2)[Se]1. The fourth-order valence-corrected chi connectivity index (χ4v) is 6.59. The van der Waals surface area contributed by atoms with Crippen LogP contribution < -0.4 is 5.32 Å². The van der Waals surface area contributed by atoms with Crippen molar-refractivity contribution in [2.75, 3.05) is 0 Å². The number of aliphatic hydroxyl groups excluding tert-OH is 1. The number of allylic oxidation sites excluding steroid dienone is 2. The molecule has 0 aromatic heterocycles. The number of aliphatic hydroxyl groups is 1. The van der Waals surface area contributed by atoms with Crippen LogP contribution in [0.1, 0.15) is 33.1 Å². The van der Waals surface area contributed by atoms with Gasteiger partial charge >= 0.3 is 114 Å². The van der Waals surface area contributed by atoms with E-state index in [4.69, 9.17) is 0 Å². The molecule has 98 valence electrons. The molecule has 0 saturated carbocycles. The molecule has 1 amide bonds. The Morgan fingerprint density at radius 3 is 2.89 bits per heavy atom. The summed E-state index contributed by atoms with van der Waals surface area (Å²) in [6, 6.07) is 0.0929. The van der Waals surface area contributed by atoms with Gasteiger partial charge in [0.25, 0.3) is 0 Å². The normalized spacial score (nSPS) is 40.3. The van der Waals surface area contributed by atoms with Crippen LogP contribution in [-0.2, 0) is 4.79 Å². The Morgan fingerprint density at radius 2 is 2.33 bits per heavy atom. The molecule has 2 aliphatic heterocycles. The fraction of sp³-hybridized carbons (Fsp3) is 0.643. The average Bonchev–Trinajstić information content (AvgIpc) is 2.60. The van der Waals surface area contributed by atoms with E-state index < -0.39 is 10.4 Å². The molecule has 1 saturated heterocycles. The van der Waals surface area contributed by atoms with Gasteiger partial charge in [-0.05, 0) is 0 Å². The molecule has 1 fully saturated rings. The van der Waals surface area contributed by atoms with Gasteiger partial charge in [-0.25, -0.2) is 0 Å². The van der Waals surface area contributed by atoms with Crippen molar-refractivity contribution in [2.24, 2.45) is 5.92 Å². The van der Waals surface area contributed by atoms with Crippen molar-refractivity contribution < 1.29 is 9.90 Å². The van der Waals surface area contributed by atoms with Crippen LogP contribution in [0, 0.1) is 5.92 Å². The van der Waals surface area contributed by atoms with Crippen molar-refractivity contribution in [1.82, 2.24) is 5.32 Å². The second kappa shape index (κ2) is 4.22. The van der Waals surface area contributed by atoms with Gasteiger partial charge in [0.1, 0.15) is 0 Å². The molecule has 1 unspecified atom stereocenters. The van der Waals surface area contributed by atoms with Crippen LogP contribution in [0.3, 0.4) is 0 Å². The maximum atomic E-state index is 12.1. The zero-order valence-corrected chi connectivity index (χ0v) is 12.5. The third-order valence-electron chi connectivity index (χ3n) is 4.51. The van der Waals surface area contributed by atoms with Crippen molar-refractivity contribution in [1.29, 1.82) is 0 Å². The number of fused-ring (bicyclic) bond motifs is 1. The first-order chi connectivity index (χ1) is 8.57. The third-order valence-corrected chi connectivity index (χ3v) is 7.92. The molecule has 2 heterocycles. The molecule has 0 aromatic carbocycles. The minimum absolute atomic E-state index is 0.0650. The number of hydrogen-bond acceptors (Lipinski definition) is 2. The van der Waals surface area contributed by atoms with E-state index in [-0.39, 0.29) is 32.8 Å². The van der Waals surface area contributed by atoms with Crippen LogP contribution in [0.25, 0.3) is 0 Å². The first kappa shape index (κ1) is 12.5. The maximum absolute atomic E-state index is 12.1. The summed E-state index contributed by atoms with van der Waals surface area (Å²) >= 11 is 0.0921. The van der Waals surface area contributed by atoms with Gasteiger partial charge < -0.3 is 0 Å². The monoisotopic (exact) mass is 313 g/mol. The van der Waals surface area contributed by atoms with Gasteiger partial charge in [0, 0.05) is 0 Å². The molecular weight excluding hydrogens is 293 g/mol. The molecule has 4 heteroatoms. The van der Waals surface area contributed by atoms with Crippen LogP contribution in [0.15, 0.2) is 22.2 Å². The number of β-lactam (4-membered cyclic amide) rings is 1. The summed E-state index contributed by atoms with van der Waals surface area (Å²) in [5.74, 6) is 0.225. The molecule has 0 bridgehead atoms. The number of carbonyl (C=O) groups excluding carboxylic acids is 1. The zero-order chi connectivity index (χ0) is 12.9. The molecule has 4 atom stereocenters. The molecule has 18 heavy (non-hydrogen) atoms. The summed E-state index contributed by atoms with van der Waals surface area (Å²) in [5.41, 5.74) is 1.27. The molecular formula is C14H19NO2Se. The molecule has 3 rings (SSSR count). The Kier molecular flexibility index (Phi) is 2.92. The Labute approximate surface area is 114 Å². The Hall–Kier alpha value is -0.571. The van der Waals surface area contributed by atoms with E-state index in [1.807, 2.05) is 0 Å². The van der Waals surface area contributed by atoms with Gasteiger partial charge in [0.15, 0.2) is 0 Å². The molecule has 3 aliphatic rings. The number of carbonyl (C=O) groups is 1. The van der Waals surface area contributed by atoms with E-state index in [9.17, 15) is 9.90 Å². The second-order valence-electron chi connectivity index (χ2n) is 5.51. The van der Waals surface area contributed by atoms with E-state index in [1.165, 1.54) is 10.0 Å².